The lowest BCUT2D eigenvalue weighted by molar-refractivity contribution is 0.585. The van der Waals surface area contributed by atoms with E-state index >= 15 is 0 Å². The van der Waals surface area contributed by atoms with E-state index in [4.69, 9.17) is 4.98 Å². The molecule has 0 spiro atoms. The molecule has 0 saturated heterocycles. The number of anilines is 1. The molecule has 154 valence electrons. The van der Waals surface area contributed by atoms with E-state index in [0.29, 0.717) is 0 Å². The van der Waals surface area contributed by atoms with Crippen LogP contribution in [0.3, 0.4) is 0 Å². The van der Waals surface area contributed by atoms with Crippen LogP contribution < -0.4 is 5.32 Å². The van der Waals surface area contributed by atoms with E-state index in [1.807, 2.05) is 0 Å². The molecule has 4 aromatic rings. The second kappa shape index (κ2) is 10.8. The number of para-hydroxylation sites is 2. The Morgan fingerprint density at radius 2 is 1.07 bits per heavy atom. The van der Waals surface area contributed by atoms with Crippen LogP contribution in [-0.4, -0.2) is 11.5 Å². The van der Waals surface area contributed by atoms with Crippen LogP contribution in [0.15, 0.2) is 78.9 Å². The first-order valence-corrected chi connectivity index (χ1v) is 11.5. The third-order valence-corrected chi connectivity index (χ3v) is 5.87. The van der Waals surface area contributed by atoms with E-state index in [0.717, 1.165) is 17.6 Å². The number of aromatic nitrogens is 1. The number of fused-ring (bicyclic) bond motifs is 2. The zero-order chi connectivity index (χ0) is 20.4. The minimum atomic E-state index is 1.02. The average molecular weight is 397 g/mol. The Balaban J connectivity index is 1.18. The quantitative estimate of drug-likeness (QED) is 0.207. The highest BCUT2D eigenvalue weighted by molar-refractivity contribution is 6.07. The molecule has 0 aliphatic heterocycles. The van der Waals surface area contributed by atoms with Crippen molar-refractivity contribution in [2.45, 2.75) is 51.4 Å². The van der Waals surface area contributed by atoms with Crippen LogP contribution in [0.2, 0.25) is 0 Å². The van der Waals surface area contributed by atoms with Gasteiger partial charge < -0.3 is 5.32 Å². The molecule has 0 amide bonds. The third kappa shape index (κ3) is 5.38. The number of hydrogen-bond donors (Lipinski definition) is 1. The molecular formula is C28H32N2. The molecule has 4 rings (SSSR count). The topological polar surface area (TPSA) is 24.9 Å². The number of hydrogen-bond acceptors (Lipinski definition) is 2. The summed E-state index contributed by atoms with van der Waals surface area (Å²) < 4.78 is 0. The summed E-state index contributed by atoms with van der Waals surface area (Å²) in [7, 11) is 0. The van der Waals surface area contributed by atoms with Crippen molar-refractivity contribution in [1.82, 2.24) is 4.98 Å². The van der Waals surface area contributed by atoms with E-state index in [2.05, 4.69) is 84.2 Å². The monoisotopic (exact) mass is 396 g/mol. The van der Waals surface area contributed by atoms with Gasteiger partial charge in [-0.2, -0.15) is 0 Å². The van der Waals surface area contributed by atoms with Gasteiger partial charge >= 0.3 is 0 Å². The number of nitrogens with one attached hydrogen (secondary N) is 1. The summed E-state index contributed by atoms with van der Waals surface area (Å²) in [5.41, 5.74) is 4.83. The number of nitrogens with zero attached hydrogens (tertiary/aromatic N) is 1. The zero-order valence-corrected chi connectivity index (χ0v) is 17.8. The first-order valence-electron chi connectivity index (χ1n) is 11.5. The lowest BCUT2D eigenvalue weighted by atomic mass is 10.0. The smallest absolute Gasteiger partial charge is 0.0730 e. The van der Waals surface area contributed by atoms with E-state index < -0.39 is 0 Å². The Bertz CT molecular complexity index is 1000. The van der Waals surface area contributed by atoms with E-state index in [1.54, 1.807) is 0 Å². The van der Waals surface area contributed by atoms with E-state index in [9.17, 15) is 0 Å². The van der Waals surface area contributed by atoms with Gasteiger partial charge in [-0.1, -0.05) is 98.8 Å². The summed E-state index contributed by atoms with van der Waals surface area (Å²) >= 11 is 0. The Hall–Kier alpha value is -2.87. The molecule has 0 bridgehead atoms. The normalized spacial score (nSPS) is 11.2. The van der Waals surface area contributed by atoms with Crippen LogP contribution in [0, 0.1) is 0 Å². The maximum atomic E-state index is 4.81. The summed E-state index contributed by atoms with van der Waals surface area (Å²) in [6.07, 6.45) is 10.5. The van der Waals surface area contributed by atoms with Gasteiger partial charge in [0.25, 0.3) is 0 Å². The molecule has 2 nitrogen and oxygen atoms in total. The fourth-order valence-electron chi connectivity index (χ4n) is 4.23. The molecule has 3 aromatic carbocycles. The van der Waals surface area contributed by atoms with Gasteiger partial charge in [-0.25, -0.2) is 4.98 Å². The van der Waals surface area contributed by atoms with Gasteiger partial charge in [0, 0.05) is 17.3 Å². The van der Waals surface area contributed by atoms with Crippen LogP contribution in [0.1, 0.15) is 50.5 Å². The lowest BCUT2D eigenvalue weighted by Gasteiger charge is -2.13. The van der Waals surface area contributed by atoms with Gasteiger partial charge in [0.05, 0.1) is 16.7 Å². The predicted octanol–water partition coefficient (Wildman–Crippen LogP) is 7.77. The lowest BCUT2D eigenvalue weighted by Crippen LogP contribution is -2.03. The third-order valence-electron chi connectivity index (χ3n) is 5.87. The Morgan fingerprint density at radius 3 is 1.73 bits per heavy atom. The highest BCUT2D eigenvalue weighted by atomic mass is 14.9. The first kappa shape index (κ1) is 20.4. The minimum absolute atomic E-state index is 1.02. The summed E-state index contributed by atoms with van der Waals surface area (Å²) in [5.74, 6) is 0. The number of pyridine rings is 1. The fraction of sp³-hybridized carbons (Fsp3) is 0.321. The molecule has 0 unspecified atom stereocenters. The van der Waals surface area contributed by atoms with Gasteiger partial charge in [0.2, 0.25) is 0 Å². The van der Waals surface area contributed by atoms with Crippen molar-refractivity contribution in [3.05, 3.63) is 84.4 Å². The maximum Gasteiger partial charge on any atom is 0.0730 e. The number of benzene rings is 3. The van der Waals surface area contributed by atoms with Crippen molar-refractivity contribution in [3.8, 4) is 0 Å². The number of rotatable bonds is 11. The van der Waals surface area contributed by atoms with Crippen LogP contribution in [0.4, 0.5) is 5.69 Å². The van der Waals surface area contributed by atoms with Crippen molar-refractivity contribution in [2.24, 2.45) is 0 Å². The summed E-state index contributed by atoms with van der Waals surface area (Å²) in [4.78, 5) is 4.81. The standard InChI is InChI=1S/C28H32N2/c1(2-4-7-15-23-16-8-6-9-17-23)3-5-14-22-29-28-24-18-10-12-20-26(24)30-27-21-13-11-19-25(27)28/h6,8-13,16-21H,1-5,7,14-15,22H2,(H,29,30). The molecule has 0 fully saturated rings. The molecule has 2 heteroatoms. The Labute approximate surface area is 180 Å². The summed E-state index contributed by atoms with van der Waals surface area (Å²) in [5, 5.41) is 6.15. The van der Waals surface area contributed by atoms with Crippen molar-refractivity contribution in [2.75, 3.05) is 11.9 Å². The highest BCUT2D eigenvalue weighted by Gasteiger charge is 2.07. The molecular weight excluding hydrogens is 364 g/mol. The second-order valence-electron chi connectivity index (χ2n) is 8.16. The van der Waals surface area contributed by atoms with Crippen molar-refractivity contribution in [3.63, 3.8) is 0 Å². The first-order chi connectivity index (χ1) is 14.9. The van der Waals surface area contributed by atoms with Gasteiger partial charge in [0.15, 0.2) is 0 Å². The molecule has 30 heavy (non-hydrogen) atoms. The number of unbranched alkanes of at least 4 members (excludes halogenated alkanes) is 6. The fourth-order valence-corrected chi connectivity index (χ4v) is 4.23. The Morgan fingerprint density at radius 1 is 0.533 bits per heavy atom. The molecule has 0 aliphatic carbocycles. The zero-order valence-electron chi connectivity index (χ0n) is 17.8. The highest BCUT2D eigenvalue weighted by Crippen LogP contribution is 2.30. The molecule has 0 saturated carbocycles. The van der Waals surface area contributed by atoms with Crippen molar-refractivity contribution >= 4 is 27.5 Å². The summed E-state index contributed by atoms with van der Waals surface area (Å²) in [6.45, 7) is 1.02. The largest absolute Gasteiger partial charge is 0.384 e. The molecule has 0 atom stereocenters. The van der Waals surface area contributed by atoms with E-state index in [-0.39, 0.29) is 0 Å². The molecule has 1 aromatic heterocycles. The van der Waals surface area contributed by atoms with Crippen LogP contribution in [0.25, 0.3) is 21.8 Å². The van der Waals surface area contributed by atoms with Crippen LogP contribution >= 0.6 is 0 Å². The Kier molecular flexibility index (Phi) is 7.33. The second-order valence-corrected chi connectivity index (χ2v) is 8.16. The van der Waals surface area contributed by atoms with E-state index in [1.165, 1.54) is 73.4 Å². The van der Waals surface area contributed by atoms with Gasteiger partial charge in [-0.05, 0) is 37.0 Å². The van der Waals surface area contributed by atoms with Crippen molar-refractivity contribution < 1.29 is 0 Å². The average Bonchev–Trinajstić information content (AvgIpc) is 2.80. The predicted molar refractivity (Wildman–Crippen MR) is 130 cm³/mol. The van der Waals surface area contributed by atoms with Crippen molar-refractivity contribution in [1.29, 1.82) is 0 Å². The molecule has 0 aliphatic rings. The minimum Gasteiger partial charge on any atom is -0.384 e. The molecule has 1 N–H and O–H groups in total. The van der Waals surface area contributed by atoms with Gasteiger partial charge in [-0.15, -0.1) is 0 Å². The number of aryl methyl sites for hydroxylation is 1. The van der Waals surface area contributed by atoms with Gasteiger partial charge in [0.1, 0.15) is 0 Å². The SMILES string of the molecule is c1ccc(CCCCCCCCCNc2c3ccccc3nc3ccccc23)cc1. The van der Waals surface area contributed by atoms with Crippen LogP contribution in [0.5, 0.6) is 0 Å². The van der Waals surface area contributed by atoms with Gasteiger partial charge in [-0.3, -0.25) is 0 Å². The molecule has 0 radical (unpaired) electrons. The maximum absolute atomic E-state index is 4.81. The van der Waals surface area contributed by atoms with Crippen LogP contribution in [-0.2, 0) is 6.42 Å². The molecule has 1 heterocycles. The summed E-state index contributed by atoms with van der Waals surface area (Å²) in [6, 6.07) is 27.7.